The van der Waals surface area contributed by atoms with Gasteiger partial charge in [-0.05, 0) is 12.1 Å². The summed E-state index contributed by atoms with van der Waals surface area (Å²) in [5.74, 6) is 0.322. The summed E-state index contributed by atoms with van der Waals surface area (Å²) in [4.78, 5) is 8.00. The maximum absolute atomic E-state index is 8.63. The standard InChI is InChI=1S/C6H6O.C4H6.CH2O/c7-6-4-2-1-3-5-6;1-3-4-2;1-2/h1-5,7H;3-4H,1-2H2;1H2. The highest BCUT2D eigenvalue weighted by Crippen LogP contribution is 2.02. The maximum atomic E-state index is 8.63. The van der Waals surface area contributed by atoms with E-state index in [1.54, 1.807) is 36.4 Å². The molecule has 70 valence electrons. The molecule has 0 unspecified atom stereocenters. The summed E-state index contributed by atoms with van der Waals surface area (Å²) in [6.07, 6.45) is 3.28. The summed E-state index contributed by atoms with van der Waals surface area (Å²) in [6.45, 7) is 8.72. The van der Waals surface area contributed by atoms with Crippen molar-refractivity contribution in [1.82, 2.24) is 0 Å². The van der Waals surface area contributed by atoms with Crippen molar-refractivity contribution in [3.8, 4) is 5.75 Å². The summed E-state index contributed by atoms with van der Waals surface area (Å²) < 4.78 is 0. The monoisotopic (exact) mass is 178 g/mol. The van der Waals surface area contributed by atoms with Gasteiger partial charge in [0, 0.05) is 0 Å². The minimum atomic E-state index is 0.322. The normalized spacial score (nSPS) is 6.46. The lowest BCUT2D eigenvalue weighted by atomic mass is 10.3. The van der Waals surface area contributed by atoms with Gasteiger partial charge in [-0.25, -0.2) is 0 Å². The lowest BCUT2D eigenvalue weighted by Crippen LogP contribution is -1.56. The third kappa shape index (κ3) is 13.2. The van der Waals surface area contributed by atoms with E-state index >= 15 is 0 Å². The number of hydrogen-bond donors (Lipinski definition) is 1. The van der Waals surface area contributed by atoms with Crippen LogP contribution in [0.4, 0.5) is 0 Å². The molecule has 1 aromatic rings. The van der Waals surface area contributed by atoms with Gasteiger partial charge in [0.25, 0.3) is 0 Å². The van der Waals surface area contributed by atoms with Crippen molar-refractivity contribution >= 4 is 6.79 Å². The number of phenols is 1. The fourth-order valence-corrected chi connectivity index (χ4v) is 0.428. The summed E-state index contributed by atoms with van der Waals surface area (Å²) >= 11 is 0. The van der Waals surface area contributed by atoms with Crippen LogP contribution in [0.5, 0.6) is 5.75 Å². The molecular formula is C11H14O2. The molecule has 0 heterocycles. The van der Waals surface area contributed by atoms with Crippen LogP contribution < -0.4 is 0 Å². The van der Waals surface area contributed by atoms with E-state index in [4.69, 9.17) is 9.90 Å². The molecule has 13 heavy (non-hydrogen) atoms. The van der Waals surface area contributed by atoms with Crippen LogP contribution >= 0.6 is 0 Å². The molecule has 0 saturated carbocycles. The number of benzene rings is 1. The van der Waals surface area contributed by atoms with E-state index in [0.29, 0.717) is 5.75 Å². The first-order valence-electron chi connectivity index (χ1n) is 3.57. The maximum Gasteiger partial charge on any atom is 0.115 e. The molecule has 0 aliphatic rings. The van der Waals surface area contributed by atoms with E-state index in [1.807, 2.05) is 12.9 Å². The SMILES string of the molecule is C=CC=C.C=O.Oc1ccccc1. The molecule has 1 aromatic carbocycles. The Labute approximate surface area is 78.8 Å². The Bertz CT molecular complexity index is 211. The van der Waals surface area contributed by atoms with Crippen LogP contribution in [0.25, 0.3) is 0 Å². The molecule has 0 fully saturated rings. The number of allylic oxidation sites excluding steroid dienone is 2. The average Bonchev–Trinajstić information content (AvgIpc) is 2.22. The largest absolute Gasteiger partial charge is 0.508 e. The van der Waals surface area contributed by atoms with Crippen molar-refractivity contribution in [3.05, 3.63) is 55.6 Å². The Kier molecular flexibility index (Phi) is 13.5. The first-order valence-corrected chi connectivity index (χ1v) is 3.57. The molecule has 0 spiro atoms. The molecule has 0 aromatic heterocycles. The van der Waals surface area contributed by atoms with Gasteiger partial charge >= 0.3 is 0 Å². The highest BCUT2D eigenvalue weighted by atomic mass is 16.3. The van der Waals surface area contributed by atoms with E-state index in [2.05, 4.69) is 13.2 Å². The van der Waals surface area contributed by atoms with Gasteiger partial charge < -0.3 is 9.90 Å². The van der Waals surface area contributed by atoms with Gasteiger partial charge in [0.15, 0.2) is 0 Å². The zero-order valence-corrected chi connectivity index (χ0v) is 7.52. The second-order valence-electron chi connectivity index (χ2n) is 1.81. The van der Waals surface area contributed by atoms with Gasteiger partial charge in [0.2, 0.25) is 0 Å². The molecule has 0 bridgehead atoms. The molecule has 2 nitrogen and oxygen atoms in total. The number of para-hydroxylation sites is 1. The van der Waals surface area contributed by atoms with Crippen LogP contribution in [-0.4, -0.2) is 11.9 Å². The van der Waals surface area contributed by atoms with Gasteiger partial charge in [0.05, 0.1) is 0 Å². The first kappa shape index (κ1) is 13.7. The Morgan fingerprint density at radius 1 is 1.00 bits per heavy atom. The van der Waals surface area contributed by atoms with E-state index in [0.717, 1.165) is 0 Å². The predicted molar refractivity (Wildman–Crippen MR) is 55.6 cm³/mol. The first-order chi connectivity index (χ1) is 6.31. The van der Waals surface area contributed by atoms with Gasteiger partial charge in [-0.2, -0.15) is 0 Å². The smallest absolute Gasteiger partial charge is 0.115 e. The Balaban J connectivity index is 0. The van der Waals surface area contributed by atoms with Crippen LogP contribution in [0.15, 0.2) is 55.6 Å². The minimum absolute atomic E-state index is 0.322. The van der Waals surface area contributed by atoms with E-state index < -0.39 is 0 Å². The number of rotatable bonds is 1. The Hall–Kier alpha value is -1.83. The van der Waals surface area contributed by atoms with E-state index in [1.165, 1.54) is 0 Å². The molecule has 0 saturated heterocycles. The average molecular weight is 178 g/mol. The van der Waals surface area contributed by atoms with Crippen molar-refractivity contribution in [2.75, 3.05) is 0 Å². The number of hydrogen-bond acceptors (Lipinski definition) is 2. The van der Waals surface area contributed by atoms with E-state index in [9.17, 15) is 0 Å². The fraction of sp³-hybridized carbons (Fsp3) is 0. The van der Waals surface area contributed by atoms with Crippen LogP contribution in [0.3, 0.4) is 0 Å². The lowest BCUT2D eigenvalue weighted by molar-refractivity contribution is -0.0979. The summed E-state index contributed by atoms with van der Waals surface area (Å²) in [7, 11) is 0. The van der Waals surface area contributed by atoms with Crippen molar-refractivity contribution < 1.29 is 9.90 Å². The summed E-state index contributed by atoms with van der Waals surface area (Å²) in [5.41, 5.74) is 0. The predicted octanol–water partition coefficient (Wildman–Crippen LogP) is 2.57. The highest BCUT2D eigenvalue weighted by Gasteiger charge is 1.74. The Morgan fingerprint density at radius 3 is 1.54 bits per heavy atom. The zero-order chi connectivity index (χ0) is 10.5. The van der Waals surface area contributed by atoms with Crippen LogP contribution in [-0.2, 0) is 4.79 Å². The molecule has 0 atom stereocenters. The molecule has 1 rings (SSSR count). The molecule has 0 aliphatic carbocycles. The number of carbonyl (C=O) groups excluding carboxylic acids is 1. The summed E-state index contributed by atoms with van der Waals surface area (Å²) in [6, 6.07) is 8.71. The highest BCUT2D eigenvalue weighted by molar-refractivity contribution is 5.18. The summed E-state index contributed by atoms with van der Waals surface area (Å²) in [5, 5.41) is 8.63. The van der Waals surface area contributed by atoms with Gasteiger partial charge in [-0.1, -0.05) is 43.5 Å². The van der Waals surface area contributed by atoms with Crippen LogP contribution in [0.1, 0.15) is 0 Å². The third-order valence-corrected chi connectivity index (χ3v) is 0.923. The molecular weight excluding hydrogens is 164 g/mol. The Morgan fingerprint density at radius 2 is 1.38 bits per heavy atom. The zero-order valence-electron chi connectivity index (χ0n) is 7.52. The van der Waals surface area contributed by atoms with Gasteiger partial charge in [-0.15, -0.1) is 0 Å². The third-order valence-electron chi connectivity index (χ3n) is 0.923. The van der Waals surface area contributed by atoms with E-state index in [-0.39, 0.29) is 0 Å². The number of phenolic OH excluding ortho intramolecular Hbond substituents is 1. The van der Waals surface area contributed by atoms with Crippen molar-refractivity contribution in [2.24, 2.45) is 0 Å². The molecule has 0 aliphatic heterocycles. The molecule has 0 radical (unpaired) electrons. The minimum Gasteiger partial charge on any atom is -0.508 e. The topological polar surface area (TPSA) is 37.3 Å². The number of carbonyl (C=O) groups is 1. The fourth-order valence-electron chi connectivity index (χ4n) is 0.428. The van der Waals surface area contributed by atoms with Crippen LogP contribution in [0.2, 0.25) is 0 Å². The second-order valence-corrected chi connectivity index (χ2v) is 1.81. The van der Waals surface area contributed by atoms with Crippen molar-refractivity contribution in [1.29, 1.82) is 0 Å². The molecule has 2 heteroatoms. The lowest BCUT2D eigenvalue weighted by Gasteiger charge is -1.82. The van der Waals surface area contributed by atoms with Gasteiger partial charge in [0.1, 0.15) is 12.5 Å². The molecule has 1 N–H and O–H groups in total. The van der Waals surface area contributed by atoms with Crippen molar-refractivity contribution in [2.45, 2.75) is 0 Å². The molecule has 0 amide bonds. The second kappa shape index (κ2) is 12.8. The van der Waals surface area contributed by atoms with Gasteiger partial charge in [-0.3, -0.25) is 0 Å². The quantitative estimate of drug-likeness (QED) is 0.671. The van der Waals surface area contributed by atoms with Crippen LogP contribution in [0, 0.1) is 0 Å². The van der Waals surface area contributed by atoms with Crippen molar-refractivity contribution in [3.63, 3.8) is 0 Å². The number of aromatic hydroxyl groups is 1.